The Hall–Kier alpha value is -8.46. The normalized spacial score (nSPS) is 13.6. The van der Waals surface area contributed by atoms with Crippen molar-refractivity contribution >= 4 is 112 Å². The number of amides is 5. The number of carbonyl (C=O) groups excluding carboxylic acids is 6. The standard InChI is InChI=1S/C28H24N4O5.C22H15N3O3/c1-28(2,3)37-27(36)30(4)14-20(33)32-18-12-8-6-10-16(18)21-22-24(26(35)29-25(22)34)31-17-11-7-5-9-15(17)13-19(31)23(21)32;1-24-15-8-7-12(28-2)10-13(15)17-18-20(22(27)23-21(18)26)25-14-6-4-3-5-11(14)9-16(25)19(17)24/h5-13H,14H2,1-4H3,(H,29,34,35);3-10H,1-2H3,(H,23,26,27). The van der Waals surface area contributed by atoms with Crippen LogP contribution >= 0.6 is 0 Å². The van der Waals surface area contributed by atoms with Crippen LogP contribution in [0.3, 0.4) is 0 Å². The Kier molecular flexibility index (Phi) is 8.34. The number of hydrogen-bond donors (Lipinski definition) is 2. The summed E-state index contributed by atoms with van der Waals surface area (Å²) in [5.74, 6) is -1.39. The van der Waals surface area contributed by atoms with E-state index in [0.717, 1.165) is 49.1 Å². The second-order valence-corrected chi connectivity index (χ2v) is 17.3. The molecule has 65 heavy (non-hydrogen) atoms. The van der Waals surface area contributed by atoms with E-state index in [1.807, 2.05) is 96.4 Å². The monoisotopic (exact) mass is 865 g/mol. The summed E-state index contributed by atoms with van der Waals surface area (Å²) in [7, 11) is 5.10. The van der Waals surface area contributed by atoms with Gasteiger partial charge >= 0.3 is 6.09 Å². The van der Waals surface area contributed by atoms with E-state index >= 15 is 0 Å². The molecule has 0 atom stereocenters. The zero-order valence-corrected chi connectivity index (χ0v) is 36.0. The van der Waals surface area contributed by atoms with Gasteiger partial charge in [-0.1, -0.05) is 54.6 Å². The zero-order valence-electron chi connectivity index (χ0n) is 36.0. The topological polar surface area (TPSA) is 167 Å². The van der Waals surface area contributed by atoms with Crippen LogP contribution in [0.2, 0.25) is 0 Å². The molecular formula is C50H39N7O8. The summed E-state index contributed by atoms with van der Waals surface area (Å²) in [4.78, 5) is 79.4. The number of fused-ring (bicyclic) bond motifs is 20. The minimum Gasteiger partial charge on any atom is -0.497 e. The van der Waals surface area contributed by atoms with Crippen molar-refractivity contribution in [2.45, 2.75) is 26.4 Å². The van der Waals surface area contributed by atoms with Gasteiger partial charge in [-0.05, 0) is 69.3 Å². The molecule has 322 valence electrons. The van der Waals surface area contributed by atoms with Crippen LogP contribution in [0.15, 0.2) is 103 Å². The molecule has 0 unspecified atom stereocenters. The number of carbonyl (C=O) groups is 6. The van der Waals surface area contributed by atoms with Crippen LogP contribution in [0.25, 0.3) is 76.5 Å². The van der Waals surface area contributed by atoms with Crippen molar-refractivity contribution in [1.29, 1.82) is 0 Å². The van der Waals surface area contributed by atoms with Crippen molar-refractivity contribution in [3.8, 4) is 5.75 Å². The van der Waals surface area contributed by atoms with Gasteiger partial charge in [-0.3, -0.25) is 39.2 Å². The molecule has 6 aromatic heterocycles. The van der Waals surface area contributed by atoms with Crippen molar-refractivity contribution in [2.75, 3.05) is 20.7 Å². The quantitative estimate of drug-likeness (QED) is 0.168. The van der Waals surface area contributed by atoms with Gasteiger partial charge in [0.15, 0.2) is 0 Å². The molecule has 0 aliphatic carbocycles. The summed E-state index contributed by atoms with van der Waals surface area (Å²) in [6.07, 6.45) is -0.619. The molecule has 10 aromatic rings. The molecule has 0 bridgehead atoms. The fourth-order valence-electron chi connectivity index (χ4n) is 9.70. The molecule has 5 amide bonds. The maximum absolute atomic E-state index is 13.9. The van der Waals surface area contributed by atoms with Crippen LogP contribution < -0.4 is 15.4 Å². The SMILES string of the molecule is CN(CC(=O)n1c2ccccc2c2c3c(n4c5ccccc5cc4c21)C(=O)NC3=O)C(=O)OC(C)(C)C.COc1ccc2c(c1)c1c3c(n4c5ccccc5cc4c1n2C)C(=O)NC3=O. The smallest absolute Gasteiger partial charge is 0.410 e. The number of hydrogen-bond acceptors (Lipinski definition) is 8. The van der Waals surface area contributed by atoms with Crippen LogP contribution in [-0.4, -0.2) is 84.8 Å². The molecule has 4 aromatic carbocycles. The van der Waals surface area contributed by atoms with Gasteiger partial charge in [-0.2, -0.15) is 0 Å². The first-order chi connectivity index (χ1) is 31.2. The third-order valence-electron chi connectivity index (χ3n) is 12.3. The minimum absolute atomic E-state index is 0.233. The number of rotatable bonds is 3. The van der Waals surface area contributed by atoms with E-state index in [1.54, 1.807) is 44.4 Å². The van der Waals surface area contributed by atoms with Gasteiger partial charge in [0, 0.05) is 51.9 Å². The van der Waals surface area contributed by atoms with Crippen molar-refractivity contribution in [3.63, 3.8) is 0 Å². The maximum Gasteiger partial charge on any atom is 0.410 e. The lowest BCUT2D eigenvalue weighted by Gasteiger charge is -2.24. The predicted octanol–water partition coefficient (Wildman–Crippen LogP) is 8.22. The zero-order chi connectivity index (χ0) is 45.4. The Bertz CT molecular complexity index is 3860. The van der Waals surface area contributed by atoms with Gasteiger partial charge in [-0.25, -0.2) is 4.79 Å². The van der Waals surface area contributed by atoms with Gasteiger partial charge in [0.25, 0.3) is 29.5 Å². The molecular weight excluding hydrogens is 827 g/mol. The first-order valence-corrected chi connectivity index (χ1v) is 20.9. The number of imide groups is 2. The van der Waals surface area contributed by atoms with Crippen LogP contribution in [0.1, 0.15) is 67.3 Å². The van der Waals surface area contributed by atoms with E-state index in [1.165, 1.54) is 16.5 Å². The van der Waals surface area contributed by atoms with Crippen molar-refractivity contribution < 1.29 is 38.2 Å². The fourth-order valence-corrected chi connectivity index (χ4v) is 9.70. The van der Waals surface area contributed by atoms with E-state index in [2.05, 4.69) is 21.3 Å². The number of likely N-dealkylation sites (N-methyl/N-ethyl adjacent to an activating group) is 1. The summed E-state index contributed by atoms with van der Waals surface area (Å²) in [6, 6.07) is 32.5. The predicted molar refractivity (Wildman–Crippen MR) is 246 cm³/mol. The van der Waals surface area contributed by atoms with Crippen molar-refractivity contribution in [3.05, 3.63) is 126 Å². The second kappa shape index (κ2) is 13.8. The Balaban J connectivity index is 0.000000149. The molecule has 2 aliphatic heterocycles. The van der Waals surface area contributed by atoms with Crippen LogP contribution in [0.4, 0.5) is 4.79 Å². The summed E-state index contributed by atoms with van der Waals surface area (Å²) >= 11 is 0. The molecule has 15 nitrogen and oxygen atoms in total. The first-order valence-electron chi connectivity index (χ1n) is 20.9. The highest BCUT2D eigenvalue weighted by Gasteiger charge is 2.38. The van der Waals surface area contributed by atoms with Crippen molar-refractivity contribution in [1.82, 2.24) is 33.5 Å². The summed E-state index contributed by atoms with van der Waals surface area (Å²) in [5, 5.41) is 9.66. The number of para-hydroxylation sites is 3. The summed E-state index contributed by atoms with van der Waals surface area (Å²) in [6.45, 7) is 5.02. The largest absolute Gasteiger partial charge is 0.497 e. The number of methoxy groups -OCH3 is 1. The summed E-state index contributed by atoms with van der Waals surface area (Å²) in [5.41, 5.74) is 6.73. The molecule has 0 saturated carbocycles. The lowest BCUT2D eigenvalue weighted by Crippen LogP contribution is -2.38. The number of aromatic nitrogens is 4. The third-order valence-corrected chi connectivity index (χ3v) is 12.3. The van der Waals surface area contributed by atoms with Crippen molar-refractivity contribution in [2.24, 2.45) is 7.05 Å². The van der Waals surface area contributed by atoms with Gasteiger partial charge < -0.3 is 27.7 Å². The van der Waals surface area contributed by atoms with Crippen LogP contribution in [0, 0.1) is 0 Å². The van der Waals surface area contributed by atoms with E-state index in [4.69, 9.17) is 9.47 Å². The number of nitrogens with one attached hydrogen (secondary N) is 2. The minimum atomic E-state index is -0.708. The van der Waals surface area contributed by atoms with Gasteiger partial charge in [-0.15, -0.1) is 0 Å². The average Bonchev–Trinajstić information content (AvgIpc) is 4.11. The second-order valence-electron chi connectivity index (χ2n) is 17.3. The Morgan fingerprint density at radius 2 is 1.14 bits per heavy atom. The van der Waals surface area contributed by atoms with E-state index < -0.39 is 23.5 Å². The molecule has 2 aliphatic rings. The first kappa shape index (κ1) is 39.4. The van der Waals surface area contributed by atoms with Gasteiger partial charge in [0.1, 0.15) is 29.3 Å². The van der Waals surface area contributed by atoms with Gasteiger partial charge in [0.05, 0.1) is 56.9 Å². The number of nitrogens with zero attached hydrogens (tertiary/aromatic N) is 5. The van der Waals surface area contributed by atoms with Crippen LogP contribution in [-0.2, 0) is 11.8 Å². The van der Waals surface area contributed by atoms with Gasteiger partial charge in [0.2, 0.25) is 0 Å². The molecule has 8 heterocycles. The Morgan fingerprint density at radius 3 is 1.71 bits per heavy atom. The Morgan fingerprint density at radius 1 is 0.615 bits per heavy atom. The molecule has 0 saturated heterocycles. The van der Waals surface area contributed by atoms with E-state index in [-0.39, 0.29) is 35.5 Å². The molecule has 0 radical (unpaired) electrons. The highest BCUT2D eigenvalue weighted by Crippen LogP contribution is 2.42. The number of aryl methyl sites for hydroxylation is 1. The lowest BCUT2D eigenvalue weighted by molar-refractivity contribution is 0.0287. The van der Waals surface area contributed by atoms with E-state index in [9.17, 15) is 28.8 Å². The molecule has 0 spiro atoms. The number of benzene rings is 4. The maximum atomic E-state index is 13.9. The fraction of sp³-hybridized carbons (Fsp3) is 0.160. The molecule has 2 N–H and O–H groups in total. The van der Waals surface area contributed by atoms with Crippen LogP contribution in [0.5, 0.6) is 5.75 Å². The highest BCUT2D eigenvalue weighted by atomic mass is 16.6. The molecule has 0 fully saturated rings. The molecule has 15 heteroatoms. The summed E-state index contributed by atoms with van der Waals surface area (Å²) < 4.78 is 18.1. The number of ether oxygens (including phenoxy) is 2. The Labute approximate surface area is 368 Å². The highest BCUT2D eigenvalue weighted by molar-refractivity contribution is 6.34. The number of pyridine rings is 2. The average molecular weight is 866 g/mol. The molecule has 12 rings (SSSR count). The third kappa shape index (κ3) is 5.60. The lowest BCUT2D eigenvalue weighted by atomic mass is 10.1. The van der Waals surface area contributed by atoms with E-state index in [0.29, 0.717) is 44.3 Å².